The van der Waals surface area contributed by atoms with Gasteiger partial charge in [0.05, 0.1) is 0 Å². The first-order valence-corrected chi connectivity index (χ1v) is 3.28. The molecule has 1 nitrogen and oxygen atoms in total. The van der Waals surface area contributed by atoms with Crippen LogP contribution in [0.2, 0.25) is 0 Å². The van der Waals surface area contributed by atoms with Gasteiger partial charge in [-0.25, -0.2) is 0 Å². The van der Waals surface area contributed by atoms with Crippen LogP contribution in [0.15, 0.2) is 11.6 Å². The Morgan fingerprint density at radius 2 is 2.62 bits per heavy atom. The second-order valence-corrected chi connectivity index (χ2v) is 2.38. The Morgan fingerprint density at radius 3 is 2.88 bits per heavy atom. The normalized spacial score (nSPS) is 28.2. The summed E-state index contributed by atoms with van der Waals surface area (Å²) in [6, 6.07) is 0.366. The molecule has 0 amide bonds. The van der Waals surface area contributed by atoms with E-state index in [0.717, 1.165) is 0 Å². The Hall–Kier alpha value is -0.300. The van der Waals surface area contributed by atoms with Crippen LogP contribution in [0.5, 0.6) is 0 Å². The quantitative estimate of drug-likeness (QED) is 0.509. The van der Waals surface area contributed by atoms with Crippen LogP contribution in [0.4, 0.5) is 0 Å². The maximum Gasteiger partial charge on any atom is 0.0229 e. The zero-order chi connectivity index (χ0) is 5.98. The topological polar surface area (TPSA) is 26.0 Å². The summed E-state index contributed by atoms with van der Waals surface area (Å²) in [7, 11) is 0. The third-order valence-electron chi connectivity index (χ3n) is 1.70. The standard InChI is InChI=1S/C7H13N/c1-2-6-3-4-7(8)5-6/h5,7H,2-4,8H2,1H3/t7-/m1/s1. The summed E-state index contributed by atoms with van der Waals surface area (Å²) in [5, 5.41) is 0. The van der Waals surface area contributed by atoms with Gasteiger partial charge in [-0.2, -0.15) is 0 Å². The van der Waals surface area contributed by atoms with Gasteiger partial charge in [0.1, 0.15) is 0 Å². The zero-order valence-electron chi connectivity index (χ0n) is 5.35. The molecule has 0 bridgehead atoms. The van der Waals surface area contributed by atoms with Gasteiger partial charge in [-0.15, -0.1) is 0 Å². The lowest BCUT2D eigenvalue weighted by Gasteiger charge is -1.90. The lowest BCUT2D eigenvalue weighted by Crippen LogP contribution is -2.11. The van der Waals surface area contributed by atoms with Crippen molar-refractivity contribution < 1.29 is 0 Å². The van der Waals surface area contributed by atoms with Gasteiger partial charge >= 0.3 is 0 Å². The second-order valence-electron chi connectivity index (χ2n) is 2.38. The summed E-state index contributed by atoms with van der Waals surface area (Å²) in [6.45, 7) is 2.18. The van der Waals surface area contributed by atoms with Crippen LogP contribution in [0.25, 0.3) is 0 Å². The molecule has 1 heteroatoms. The number of rotatable bonds is 1. The molecule has 0 saturated carbocycles. The summed E-state index contributed by atoms with van der Waals surface area (Å²) in [5.41, 5.74) is 7.16. The van der Waals surface area contributed by atoms with Gasteiger partial charge in [-0.3, -0.25) is 0 Å². The minimum absolute atomic E-state index is 0.366. The smallest absolute Gasteiger partial charge is 0.0229 e. The highest BCUT2D eigenvalue weighted by Gasteiger charge is 2.08. The van der Waals surface area contributed by atoms with Crippen LogP contribution in [0, 0.1) is 0 Å². The van der Waals surface area contributed by atoms with E-state index in [1.165, 1.54) is 24.8 Å². The van der Waals surface area contributed by atoms with E-state index in [4.69, 9.17) is 5.73 Å². The molecule has 0 saturated heterocycles. The van der Waals surface area contributed by atoms with Crippen molar-refractivity contribution >= 4 is 0 Å². The molecule has 1 rings (SSSR count). The first-order chi connectivity index (χ1) is 3.83. The first-order valence-electron chi connectivity index (χ1n) is 3.28. The predicted octanol–water partition coefficient (Wildman–Crippen LogP) is 1.44. The molecule has 8 heavy (non-hydrogen) atoms. The highest BCUT2D eigenvalue weighted by Crippen LogP contribution is 2.18. The fourth-order valence-corrected chi connectivity index (χ4v) is 1.12. The minimum atomic E-state index is 0.366. The summed E-state index contributed by atoms with van der Waals surface area (Å²) in [5.74, 6) is 0. The summed E-state index contributed by atoms with van der Waals surface area (Å²) in [4.78, 5) is 0. The highest BCUT2D eigenvalue weighted by atomic mass is 14.6. The van der Waals surface area contributed by atoms with Crippen LogP contribution in [-0.2, 0) is 0 Å². The molecule has 0 aliphatic heterocycles. The minimum Gasteiger partial charge on any atom is -0.324 e. The summed E-state index contributed by atoms with van der Waals surface area (Å²) < 4.78 is 0. The molecule has 0 fully saturated rings. The largest absolute Gasteiger partial charge is 0.324 e. The third kappa shape index (κ3) is 1.10. The molecule has 0 radical (unpaired) electrons. The van der Waals surface area contributed by atoms with Crippen molar-refractivity contribution in [1.29, 1.82) is 0 Å². The molecule has 0 aromatic carbocycles. The number of hydrogen-bond acceptors (Lipinski definition) is 1. The lowest BCUT2D eigenvalue weighted by molar-refractivity contribution is 0.768. The summed E-state index contributed by atoms with van der Waals surface area (Å²) >= 11 is 0. The molecule has 1 aliphatic rings. The van der Waals surface area contributed by atoms with Gasteiger partial charge in [0, 0.05) is 6.04 Å². The Kier molecular flexibility index (Phi) is 1.69. The second kappa shape index (κ2) is 2.31. The molecule has 1 atom stereocenters. The van der Waals surface area contributed by atoms with Gasteiger partial charge in [0.15, 0.2) is 0 Å². The van der Waals surface area contributed by atoms with Crippen molar-refractivity contribution in [3.05, 3.63) is 11.6 Å². The van der Waals surface area contributed by atoms with Gasteiger partial charge in [-0.05, 0) is 19.3 Å². The molecule has 0 heterocycles. The Labute approximate surface area is 50.6 Å². The highest BCUT2D eigenvalue weighted by molar-refractivity contribution is 5.12. The van der Waals surface area contributed by atoms with E-state index in [9.17, 15) is 0 Å². The third-order valence-corrected chi connectivity index (χ3v) is 1.70. The Bertz CT molecular complexity index is 105. The SMILES string of the molecule is CCC1=C[C@H](N)CC1. The molecule has 0 unspecified atom stereocenters. The molecular weight excluding hydrogens is 98.1 g/mol. The molecule has 2 N–H and O–H groups in total. The van der Waals surface area contributed by atoms with E-state index in [-0.39, 0.29) is 0 Å². The van der Waals surface area contributed by atoms with E-state index in [1.807, 2.05) is 0 Å². The fourth-order valence-electron chi connectivity index (χ4n) is 1.12. The summed E-state index contributed by atoms with van der Waals surface area (Å²) in [6.07, 6.45) is 5.79. The van der Waals surface area contributed by atoms with Crippen LogP contribution in [-0.4, -0.2) is 6.04 Å². The average Bonchev–Trinajstić information content (AvgIpc) is 2.14. The van der Waals surface area contributed by atoms with Crippen molar-refractivity contribution in [1.82, 2.24) is 0 Å². The molecule has 46 valence electrons. The van der Waals surface area contributed by atoms with Crippen LogP contribution in [0.3, 0.4) is 0 Å². The van der Waals surface area contributed by atoms with E-state index < -0.39 is 0 Å². The van der Waals surface area contributed by atoms with Gasteiger partial charge in [0.25, 0.3) is 0 Å². The van der Waals surface area contributed by atoms with Crippen LogP contribution < -0.4 is 5.73 Å². The predicted molar refractivity (Wildman–Crippen MR) is 35.6 cm³/mol. The molecule has 0 spiro atoms. The number of allylic oxidation sites excluding steroid dienone is 1. The Morgan fingerprint density at radius 1 is 1.88 bits per heavy atom. The molecular formula is C7H13N. The van der Waals surface area contributed by atoms with E-state index in [1.54, 1.807) is 0 Å². The van der Waals surface area contributed by atoms with Crippen molar-refractivity contribution in [2.24, 2.45) is 5.73 Å². The maximum absolute atomic E-state index is 5.62. The number of nitrogens with two attached hydrogens (primary N) is 1. The molecule has 0 aromatic rings. The van der Waals surface area contributed by atoms with E-state index >= 15 is 0 Å². The van der Waals surface area contributed by atoms with Crippen molar-refractivity contribution in [2.75, 3.05) is 0 Å². The molecule has 0 aromatic heterocycles. The van der Waals surface area contributed by atoms with Gasteiger partial charge < -0.3 is 5.73 Å². The average molecular weight is 111 g/mol. The van der Waals surface area contributed by atoms with E-state index in [2.05, 4.69) is 13.0 Å². The zero-order valence-corrected chi connectivity index (χ0v) is 5.35. The van der Waals surface area contributed by atoms with Gasteiger partial charge in [0.2, 0.25) is 0 Å². The first kappa shape index (κ1) is 5.83. The van der Waals surface area contributed by atoms with Crippen LogP contribution >= 0.6 is 0 Å². The van der Waals surface area contributed by atoms with E-state index in [0.29, 0.717) is 6.04 Å². The fraction of sp³-hybridized carbons (Fsp3) is 0.714. The lowest BCUT2D eigenvalue weighted by atomic mass is 10.2. The van der Waals surface area contributed by atoms with Crippen molar-refractivity contribution in [3.63, 3.8) is 0 Å². The van der Waals surface area contributed by atoms with Gasteiger partial charge in [-0.1, -0.05) is 18.6 Å². The van der Waals surface area contributed by atoms with Crippen LogP contribution in [0.1, 0.15) is 26.2 Å². The molecule has 1 aliphatic carbocycles. The maximum atomic E-state index is 5.62. The number of hydrogen-bond donors (Lipinski definition) is 1. The monoisotopic (exact) mass is 111 g/mol. The van der Waals surface area contributed by atoms with Crippen molar-refractivity contribution in [3.8, 4) is 0 Å². The van der Waals surface area contributed by atoms with Crippen molar-refractivity contribution in [2.45, 2.75) is 32.2 Å². The Balaban J connectivity index is 2.44.